The Hall–Kier alpha value is -2.70. The van der Waals surface area contributed by atoms with Crippen molar-refractivity contribution in [2.24, 2.45) is 0 Å². The van der Waals surface area contributed by atoms with E-state index < -0.39 is 0 Å². The summed E-state index contributed by atoms with van der Waals surface area (Å²) in [5, 5.41) is 9.43. The summed E-state index contributed by atoms with van der Waals surface area (Å²) in [6, 6.07) is 7.48. The van der Waals surface area contributed by atoms with E-state index in [4.69, 9.17) is 0 Å². The summed E-state index contributed by atoms with van der Waals surface area (Å²) in [5.74, 6) is 3.21. The third kappa shape index (κ3) is 2.42. The molecule has 0 radical (unpaired) electrons. The summed E-state index contributed by atoms with van der Waals surface area (Å²) in [7, 11) is 0. The molecule has 1 atom stereocenters. The molecule has 7 nitrogen and oxygen atoms in total. The first-order chi connectivity index (χ1) is 12.3. The molecule has 1 aromatic carbocycles. The van der Waals surface area contributed by atoms with E-state index in [0.29, 0.717) is 17.3 Å². The summed E-state index contributed by atoms with van der Waals surface area (Å²) in [4.78, 5) is 22.2. The van der Waals surface area contributed by atoms with Gasteiger partial charge in [0.15, 0.2) is 0 Å². The Morgan fingerprint density at radius 1 is 1.12 bits per heavy atom. The summed E-state index contributed by atoms with van der Waals surface area (Å²) < 4.78 is 2.28. The van der Waals surface area contributed by atoms with Crippen molar-refractivity contribution in [2.45, 2.75) is 38.1 Å². The van der Waals surface area contributed by atoms with Crippen LogP contribution in [0.2, 0.25) is 0 Å². The lowest BCUT2D eigenvalue weighted by Crippen LogP contribution is -2.37. The molecule has 0 spiro atoms. The third-order valence-corrected chi connectivity index (χ3v) is 5.32. The van der Waals surface area contributed by atoms with Crippen LogP contribution in [0.3, 0.4) is 0 Å². The molecule has 128 valence electrons. The van der Waals surface area contributed by atoms with Crippen molar-refractivity contribution in [3.63, 3.8) is 0 Å². The summed E-state index contributed by atoms with van der Waals surface area (Å²) in [6.07, 6.45) is 4.35. The van der Waals surface area contributed by atoms with Crippen molar-refractivity contribution < 1.29 is 0 Å². The predicted molar refractivity (Wildman–Crippen MR) is 94.9 cm³/mol. The number of benzene rings is 1. The molecular formula is C18H20N6O. The van der Waals surface area contributed by atoms with Crippen LogP contribution in [-0.4, -0.2) is 37.8 Å². The number of hydrogen-bond acceptors (Lipinski definition) is 5. The number of H-pyrrole nitrogens is 1. The lowest BCUT2D eigenvalue weighted by Gasteiger charge is -2.32. The van der Waals surface area contributed by atoms with E-state index in [0.717, 1.165) is 62.5 Å². The van der Waals surface area contributed by atoms with Crippen LogP contribution in [0.1, 0.15) is 36.8 Å². The molecular weight excluding hydrogens is 316 g/mol. The van der Waals surface area contributed by atoms with Gasteiger partial charge in [-0.05, 0) is 31.4 Å². The zero-order chi connectivity index (χ0) is 16.8. The Kier molecular flexibility index (Phi) is 3.33. The zero-order valence-corrected chi connectivity index (χ0v) is 14.0. The van der Waals surface area contributed by atoms with Gasteiger partial charge in [0.05, 0.1) is 10.9 Å². The molecule has 3 aromatic rings. The maximum absolute atomic E-state index is 12.4. The van der Waals surface area contributed by atoms with E-state index in [1.165, 1.54) is 0 Å². The molecule has 2 aliphatic rings. The standard InChI is InChI=1S/C18H20N6O/c25-17-13-6-1-2-7-14(13)19-18(20-17)23-9-3-5-12(11-23)16-22-21-15-8-4-10-24(15)16/h1-2,6-7,12H,3-5,8-11H2,(H,19,20,25). The molecule has 25 heavy (non-hydrogen) atoms. The van der Waals surface area contributed by atoms with Crippen molar-refractivity contribution in [3.05, 3.63) is 46.3 Å². The third-order valence-electron chi connectivity index (χ3n) is 5.32. The van der Waals surface area contributed by atoms with Gasteiger partial charge in [0, 0.05) is 32.0 Å². The molecule has 2 aromatic heterocycles. The van der Waals surface area contributed by atoms with Gasteiger partial charge < -0.3 is 9.47 Å². The number of nitrogens with one attached hydrogen (secondary N) is 1. The topological polar surface area (TPSA) is 79.7 Å². The fraction of sp³-hybridized carbons (Fsp3) is 0.444. The SMILES string of the molecule is O=c1[nH]c(N2CCCC(c3nnc4n3CCC4)C2)nc2ccccc12. The number of hydrogen-bond donors (Lipinski definition) is 1. The second kappa shape index (κ2) is 5.68. The summed E-state index contributed by atoms with van der Waals surface area (Å²) >= 11 is 0. The molecule has 1 unspecified atom stereocenters. The first-order valence-corrected chi connectivity index (χ1v) is 8.95. The Labute approximate surface area is 144 Å². The molecule has 0 amide bonds. The number of rotatable bonds is 2. The van der Waals surface area contributed by atoms with E-state index in [2.05, 4.69) is 29.6 Å². The fourth-order valence-corrected chi connectivity index (χ4v) is 4.08. The van der Waals surface area contributed by atoms with Crippen LogP contribution in [0.25, 0.3) is 10.9 Å². The van der Waals surface area contributed by atoms with E-state index in [1.54, 1.807) is 0 Å². The molecule has 0 bridgehead atoms. The van der Waals surface area contributed by atoms with Gasteiger partial charge in [-0.1, -0.05) is 12.1 Å². The van der Waals surface area contributed by atoms with Crippen molar-refractivity contribution in [1.29, 1.82) is 0 Å². The maximum atomic E-state index is 12.4. The molecule has 5 rings (SSSR count). The van der Waals surface area contributed by atoms with Crippen LogP contribution in [0.5, 0.6) is 0 Å². The Morgan fingerprint density at radius 3 is 3.00 bits per heavy atom. The highest BCUT2D eigenvalue weighted by atomic mass is 16.1. The normalized spacial score (nSPS) is 20.2. The fourth-order valence-electron chi connectivity index (χ4n) is 4.08. The quantitative estimate of drug-likeness (QED) is 0.772. The minimum absolute atomic E-state index is 0.0777. The van der Waals surface area contributed by atoms with Gasteiger partial charge in [0.1, 0.15) is 11.6 Å². The number of para-hydroxylation sites is 1. The molecule has 1 N–H and O–H groups in total. The van der Waals surface area contributed by atoms with Gasteiger partial charge in [-0.25, -0.2) is 4.98 Å². The largest absolute Gasteiger partial charge is 0.342 e. The zero-order valence-electron chi connectivity index (χ0n) is 14.0. The first-order valence-electron chi connectivity index (χ1n) is 8.95. The monoisotopic (exact) mass is 336 g/mol. The smallest absolute Gasteiger partial charge is 0.260 e. The van der Waals surface area contributed by atoms with Crippen LogP contribution in [0, 0.1) is 0 Å². The highest BCUT2D eigenvalue weighted by molar-refractivity contribution is 5.78. The van der Waals surface area contributed by atoms with Crippen molar-refractivity contribution in [1.82, 2.24) is 24.7 Å². The average Bonchev–Trinajstić information content (AvgIpc) is 3.25. The highest BCUT2D eigenvalue weighted by Gasteiger charge is 2.29. The van der Waals surface area contributed by atoms with Crippen LogP contribution in [0.4, 0.5) is 5.95 Å². The Bertz CT molecular complexity index is 991. The Balaban J connectivity index is 1.47. The van der Waals surface area contributed by atoms with E-state index >= 15 is 0 Å². The number of aryl methyl sites for hydroxylation is 1. The molecule has 7 heteroatoms. The van der Waals surface area contributed by atoms with E-state index in [1.807, 2.05) is 24.3 Å². The maximum Gasteiger partial charge on any atom is 0.260 e. The van der Waals surface area contributed by atoms with Crippen molar-refractivity contribution in [3.8, 4) is 0 Å². The van der Waals surface area contributed by atoms with Gasteiger partial charge in [-0.2, -0.15) is 0 Å². The van der Waals surface area contributed by atoms with E-state index in [-0.39, 0.29) is 5.56 Å². The van der Waals surface area contributed by atoms with Gasteiger partial charge >= 0.3 is 0 Å². The van der Waals surface area contributed by atoms with Crippen LogP contribution in [0.15, 0.2) is 29.1 Å². The molecule has 2 aliphatic heterocycles. The van der Waals surface area contributed by atoms with Crippen LogP contribution < -0.4 is 10.5 Å². The summed E-state index contributed by atoms with van der Waals surface area (Å²) in [5.41, 5.74) is 0.665. The number of aromatic amines is 1. The molecule has 0 saturated carbocycles. The minimum atomic E-state index is -0.0777. The first kappa shape index (κ1) is 14.6. The van der Waals surface area contributed by atoms with Crippen molar-refractivity contribution >= 4 is 16.9 Å². The van der Waals surface area contributed by atoms with Gasteiger partial charge in [-0.3, -0.25) is 9.78 Å². The number of fused-ring (bicyclic) bond motifs is 2. The molecule has 4 heterocycles. The lowest BCUT2D eigenvalue weighted by molar-refractivity contribution is 0.468. The second-order valence-electron chi connectivity index (χ2n) is 6.92. The van der Waals surface area contributed by atoms with Crippen LogP contribution >= 0.6 is 0 Å². The number of aromatic nitrogens is 5. The lowest BCUT2D eigenvalue weighted by atomic mass is 9.97. The van der Waals surface area contributed by atoms with Gasteiger partial charge in [-0.15, -0.1) is 10.2 Å². The van der Waals surface area contributed by atoms with Gasteiger partial charge in [0.25, 0.3) is 5.56 Å². The van der Waals surface area contributed by atoms with Gasteiger partial charge in [0.2, 0.25) is 5.95 Å². The molecule has 0 aliphatic carbocycles. The second-order valence-corrected chi connectivity index (χ2v) is 6.92. The van der Waals surface area contributed by atoms with Crippen molar-refractivity contribution in [2.75, 3.05) is 18.0 Å². The number of anilines is 1. The van der Waals surface area contributed by atoms with E-state index in [9.17, 15) is 4.79 Å². The summed E-state index contributed by atoms with van der Waals surface area (Å²) in [6.45, 7) is 2.75. The molecule has 1 fully saturated rings. The number of nitrogens with zero attached hydrogens (tertiary/aromatic N) is 5. The number of piperidine rings is 1. The predicted octanol–water partition coefficient (Wildman–Crippen LogP) is 1.84. The highest BCUT2D eigenvalue weighted by Crippen LogP contribution is 2.29. The molecule has 1 saturated heterocycles. The minimum Gasteiger partial charge on any atom is -0.342 e. The average molecular weight is 336 g/mol. The Morgan fingerprint density at radius 2 is 2.04 bits per heavy atom. The van der Waals surface area contributed by atoms with Crippen LogP contribution in [-0.2, 0) is 13.0 Å².